The van der Waals surface area contributed by atoms with Gasteiger partial charge >= 0.3 is 5.97 Å². The molecule has 0 aliphatic carbocycles. The highest BCUT2D eigenvalue weighted by atomic mass is 16.4. The maximum Gasteiger partial charge on any atom is 0.326 e. The van der Waals surface area contributed by atoms with Gasteiger partial charge in [0.25, 0.3) is 0 Å². The van der Waals surface area contributed by atoms with Gasteiger partial charge in [-0.3, -0.25) is 9.59 Å². The molecule has 1 aliphatic rings. The number of rotatable bonds is 5. The molecule has 1 aliphatic heterocycles. The fourth-order valence-electron chi connectivity index (χ4n) is 1.81. The van der Waals surface area contributed by atoms with E-state index in [-0.39, 0.29) is 0 Å². The van der Waals surface area contributed by atoms with Crippen molar-refractivity contribution in [2.75, 3.05) is 6.54 Å². The van der Waals surface area contributed by atoms with Crippen molar-refractivity contribution < 1.29 is 19.5 Å². The summed E-state index contributed by atoms with van der Waals surface area (Å²) in [6.45, 7) is 2.43. The number of nitrogens with two attached hydrogens (primary N) is 1. The number of hydrogen-bond donors (Lipinski definition) is 4. The predicted octanol–water partition coefficient (Wildman–Crippen LogP) is -1.43. The van der Waals surface area contributed by atoms with Crippen LogP contribution in [-0.2, 0) is 14.4 Å². The quantitative estimate of drug-likeness (QED) is 0.472. The van der Waals surface area contributed by atoms with Crippen molar-refractivity contribution in [2.45, 2.75) is 37.8 Å². The molecule has 5 N–H and O–H groups in total. The third kappa shape index (κ3) is 3.42. The van der Waals surface area contributed by atoms with Crippen LogP contribution in [0, 0.1) is 0 Å². The van der Waals surface area contributed by atoms with Crippen LogP contribution in [-0.4, -0.2) is 41.0 Å². The van der Waals surface area contributed by atoms with E-state index in [2.05, 4.69) is 10.6 Å². The second kappa shape index (κ2) is 5.13. The lowest BCUT2D eigenvalue weighted by molar-refractivity contribution is -0.144. The van der Waals surface area contributed by atoms with Crippen molar-refractivity contribution in [3.8, 4) is 0 Å². The molecule has 1 saturated heterocycles. The number of primary amides is 1. The van der Waals surface area contributed by atoms with Crippen LogP contribution in [0.4, 0.5) is 0 Å². The fraction of sp³-hybridized carbons (Fsp3) is 0.700. The van der Waals surface area contributed by atoms with E-state index in [1.807, 2.05) is 0 Å². The Balaban J connectivity index is 2.63. The zero-order valence-electron chi connectivity index (χ0n) is 9.66. The van der Waals surface area contributed by atoms with Gasteiger partial charge in [0.2, 0.25) is 11.8 Å². The highest BCUT2D eigenvalue weighted by Crippen LogP contribution is 2.18. The zero-order chi connectivity index (χ0) is 13.1. The van der Waals surface area contributed by atoms with Crippen LogP contribution in [0.2, 0.25) is 0 Å². The summed E-state index contributed by atoms with van der Waals surface area (Å²) in [6.07, 6.45) is 1.09. The summed E-state index contributed by atoms with van der Waals surface area (Å²) in [7, 11) is 0. The Labute approximate surface area is 98.7 Å². The Hall–Kier alpha value is -1.63. The highest BCUT2D eigenvalue weighted by Gasteiger charge is 2.38. The molecular formula is C10H17N3O4. The maximum atomic E-state index is 11.9. The van der Waals surface area contributed by atoms with E-state index in [0.29, 0.717) is 6.42 Å². The van der Waals surface area contributed by atoms with E-state index in [0.717, 1.165) is 13.0 Å². The van der Waals surface area contributed by atoms with Gasteiger partial charge in [0.15, 0.2) is 0 Å². The Morgan fingerprint density at radius 3 is 2.59 bits per heavy atom. The molecule has 7 nitrogen and oxygen atoms in total. The monoisotopic (exact) mass is 243 g/mol. The lowest BCUT2D eigenvalue weighted by Gasteiger charge is -2.25. The molecule has 1 unspecified atom stereocenters. The second-order valence-electron chi connectivity index (χ2n) is 4.40. The molecule has 17 heavy (non-hydrogen) atoms. The van der Waals surface area contributed by atoms with Crippen molar-refractivity contribution in [3.63, 3.8) is 0 Å². The first-order valence-electron chi connectivity index (χ1n) is 5.42. The largest absolute Gasteiger partial charge is 0.480 e. The van der Waals surface area contributed by atoms with Crippen LogP contribution in [0.5, 0.6) is 0 Å². The first-order valence-corrected chi connectivity index (χ1v) is 5.42. The average molecular weight is 243 g/mol. The molecule has 0 aromatic heterocycles. The van der Waals surface area contributed by atoms with Gasteiger partial charge < -0.3 is 21.5 Å². The summed E-state index contributed by atoms with van der Waals surface area (Å²) in [5.74, 6) is -2.44. The number of carbonyl (C=O) groups is 3. The summed E-state index contributed by atoms with van der Waals surface area (Å²) in [6, 6.07) is -1.26. The molecule has 1 rings (SSSR count). The number of hydrogen-bond acceptors (Lipinski definition) is 4. The summed E-state index contributed by atoms with van der Waals surface area (Å²) in [4.78, 5) is 33.4. The summed E-state index contributed by atoms with van der Waals surface area (Å²) in [5, 5.41) is 14.2. The molecule has 2 amide bonds. The van der Waals surface area contributed by atoms with Crippen molar-refractivity contribution in [1.82, 2.24) is 10.6 Å². The highest BCUT2D eigenvalue weighted by molar-refractivity contribution is 5.92. The molecule has 0 aromatic rings. The Bertz CT molecular complexity index is 336. The number of carboxylic acid groups (broad SMARTS) is 1. The number of aliphatic carboxylic acids is 1. The number of carboxylic acids is 1. The molecule has 96 valence electrons. The van der Waals surface area contributed by atoms with Crippen LogP contribution >= 0.6 is 0 Å². The molecule has 0 aromatic carbocycles. The van der Waals surface area contributed by atoms with Crippen molar-refractivity contribution in [2.24, 2.45) is 5.73 Å². The molecule has 0 saturated carbocycles. The minimum atomic E-state index is -1.27. The van der Waals surface area contributed by atoms with Crippen LogP contribution in [0.3, 0.4) is 0 Å². The third-order valence-electron chi connectivity index (χ3n) is 2.88. The maximum absolute atomic E-state index is 11.9. The van der Waals surface area contributed by atoms with Gasteiger partial charge in [0.1, 0.15) is 6.04 Å². The topological polar surface area (TPSA) is 122 Å². The van der Waals surface area contributed by atoms with Gasteiger partial charge in [-0.2, -0.15) is 0 Å². The van der Waals surface area contributed by atoms with Crippen LogP contribution in [0.15, 0.2) is 0 Å². The second-order valence-corrected chi connectivity index (χ2v) is 4.40. The summed E-state index contributed by atoms with van der Waals surface area (Å²) >= 11 is 0. The van der Waals surface area contributed by atoms with Gasteiger partial charge in [0.05, 0.1) is 12.0 Å². The molecule has 2 atom stereocenters. The minimum Gasteiger partial charge on any atom is -0.480 e. The lowest BCUT2D eigenvalue weighted by atomic mass is 9.98. The van der Waals surface area contributed by atoms with E-state index in [1.165, 1.54) is 0 Å². The molecular weight excluding hydrogens is 226 g/mol. The van der Waals surface area contributed by atoms with Gasteiger partial charge in [-0.15, -0.1) is 0 Å². The normalized spacial score (nSPS) is 25.2. The van der Waals surface area contributed by atoms with Crippen molar-refractivity contribution in [1.29, 1.82) is 0 Å². The van der Waals surface area contributed by atoms with Crippen molar-refractivity contribution >= 4 is 17.8 Å². The zero-order valence-corrected chi connectivity index (χ0v) is 9.66. The predicted molar refractivity (Wildman–Crippen MR) is 59.0 cm³/mol. The minimum absolute atomic E-state index is 0.406. The van der Waals surface area contributed by atoms with Crippen LogP contribution in [0.1, 0.15) is 26.2 Å². The first-order chi connectivity index (χ1) is 7.85. The van der Waals surface area contributed by atoms with E-state index >= 15 is 0 Å². The van der Waals surface area contributed by atoms with Crippen LogP contribution in [0.25, 0.3) is 0 Å². The van der Waals surface area contributed by atoms with Gasteiger partial charge in [0, 0.05) is 0 Å². The summed E-state index contributed by atoms with van der Waals surface area (Å²) < 4.78 is 0. The van der Waals surface area contributed by atoms with E-state index in [4.69, 9.17) is 10.8 Å². The van der Waals surface area contributed by atoms with Gasteiger partial charge in [-0.25, -0.2) is 4.79 Å². The third-order valence-corrected chi connectivity index (χ3v) is 2.88. The smallest absolute Gasteiger partial charge is 0.326 e. The van der Waals surface area contributed by atoms with Crippen molar-refractivity contribution in [3.05, 3.63) is 0 Å². The lowest BCUT2D eigenvalue weighted by Crippen LogP contribution is -2.55. The molecule has 1 fully saturated rings. The average Bonchev–Trinajstić information content (AvgIpc) is 2.64. The number of nitrogens with one attached hydrogen (secondary N) is 2. The number of carbonyl (C=O) groups excluding carboxylic acids is 2. The van der Waals surface area contributed by atoms with Crippen LogP contribution < -0.4 is 16.4 Å². The Morgan fingerprint density at radius 2 is 2.18 bits per heavy atom. The Morgan fingerprint density at radius 1 is 1.53 bits per heavy atom. The van der Waals surface area contributed by atoms with E-state index in [9.17, 15) is 14.4 Å². The van der Waals surface area contributed by atoms with E-state index in [1.54, 1.807) is 6.92 Å². The standard InChI is InChI=1S/C10H17N3O4/c1-10(3-2-4-12-10)9(17)13-6(8(15)16)5-7(11)14/h6,12H,2-5H2,1H3,(H2,11,14)(H,13,17)(H,15,16)/t6-,10?/m1/s1. The SMILES string of the molecule is CC1(C(=O)N[C@H](CC(N)=O)C(=O)O)CCCN1. The molecule has 0 bridgehead atoms. The Kier molecular flexibility index (Phi) is 4.06. The first kappa shape index (κ1) is 13.4. The fourth-order valence-corrected chi connectivity index (χ4v) is 1.81. The van der Waals surface area contributed by atoms with Gasteiger partial charge in [-0.1, -0.05) is 0 Å². The van der Waals surface area contributed by atoms with E-state index < -0.39 is 35.8 Å². The van der Waals surface area contributed by atoms with Gasteiger partial charge in [-0.05, 0) is 26.3 Å². The summed E-state index contributed by atoms with van der Waals surface area (Å²) in [5.41, 5.74) is 4.17. The molecule has 7 heteroatoms. The molecule has 0 radical (unpaired) electrons. The molecule has 0 spiro atoms. The number of amides is 2. The molecule has 1 heterocycles.